The Morgan fingerprint density at radius 2 is 2.00 bits per heavy atom. The third-order valence-electron chi connectivity index (χ3n) is 3.32. The van der Waals surface area contributed by atoms with E-state index in [9.17, 15) is 14.7 Å². The van der Waals surface area contributed by atoms with Crippen molar-refractivity contribution in [3.8, 4) is 5.75 Å². The number of hydrogen-bond donors (Lipinski definition) is 3. The minimum atomic E-state index is -1.18. The SMILES string of the molecule is CC1(C)CC1C(=O)Nc1ccc(O)cc1C(=O)O. The lowest BCUT2D eigenvalue weighted by atomic mass is 10.1. The van der Waals surface area contributed by atoms with Gasteiger partial charge in [0.15, 0.2) is 0 Å². The Labute approximate surface area is 104 Å². The molecule has 0 radical (unpaired) electrons. The molecular formula is C13H15NO4. The van der Waals surface area contributed by atoms with Crippen molar-refractivity contribution in [1.82, 2.24) is 0 Å². The predicted octanol–water partition coefficient (Wildman–Crippen LogP) is 2.07. The highest BCUT2D eigenvalue weighted by Crippen LogP contribution is 2.52. The van der Waals surface area contributed by atoms with Gasteiger partial charge in [-0.2, -0.15) is 0 Å². The molecule has 2 rings (SSSR count). The second-order valence-corrected chi connectivity index (χ2v) is 5.27. The Morgan fingerprint density at radius 3 is 2.50 bits per heavy atom. The number of phenols is 1. The first kappa shape index (κ1) is 12.4. The lowest BCUT2D eigenvalue weighted by molar-refractivity contribution is -0.118. The van der Waals surface area contributed by atoms with Crippen molar-refractivity contribution in [3.05, 3.63) is 23.8 Å². The highest BCUT2D eigenvalue weighted by Gasteiger charge is 2.50. The van der Waals surface area contributed by atoms with E-state index >= 15 is 0 Å². The first-order valence-corrected chi connectivity index (χ1v) is 5.68. The lowest BCUT2D eigenvalue weighted by Gasteiger charge is -2.09. The molecule has 1 aromatic carbocycles. The van der Waals surface area contributed by atoms with Crippen molar-refractivity contribution in [1.29, 1.82) is 0 Å². The molecular weight excluding hydrogens is 234 g/mol. The molecule has 18 heavy (non-hydrogen) atoms. The summed E-state index contributed by atoms with van der Waals surface area (Å²) in [6.45, 7) is 3.98. The Balaban J connectivity index is 2.19. The monoisotopic (exact) mass is 249 g/mol. The second kappa shape index (κ2) is 4.01. The molecule has 1 amide bonds. The summed E-state index contributed by atoms with van der Waals surface area (Å²) in [5, 5.41) is 20.9. The molecule has 1 atom stereocenters. The van der Waals surface area contributed by atoms with Crippen LogP contribution in [0.5, 0.6) is 5.75 Å². The molecule has 1 fully saturated rings. The summed E-state index contributed by atoms with van der Waals surface area (Å²) >= 11 is 0. The zero-order valence-electron chi connectivity index (χ0n) is 10.2. The van der Waals surface area contributed by atoms with Crippen LogP contribution in [0.3, 0.4) is 0 Å². The number of carbonyl (C=O) groups excluding carboxylic acids is 1. The van der Waals surface area contributed by atoms with Gasteiger partial charge in [0.05, 0.1) is 11.3 Å². The fourth-order valence-corrected chi connectivity index (χ4v) is 1.95. The number of hydrogen-bond acceptors (Lipinski definition) is 3. The van der Waals surface area contributed by atoms with Crippen LogP contribution < -0.4 is 5.32 Å². The maximum absolute atomic E-state index is 11.9. The van der Waals surface area contributed by atoms with Crippen LogP contribution in [0.25, 0.3) is 0 Å². The molecule has 1 aliphatic rings. The molecule has 5 heteroatoms. The van der Waals surface area contributed by atoms with Crippen LogP contribution in [-0.4, -0.2) is 22.1 Å². The highest BCUT2D eigenvalue weighted by molar-refractivity contribution is 6.02. The number of carboxylic acids is 1. The van der Waals surface area contributed by atoms with Gasteiger partial charge in [-0.15, -0.1) is 0 Å². The topological polar surface area (TPSA) is 86.6 Å². The molecule has 1 unspecified atom stereocenters. The van der Waals surface area contributed by atoms with E-state index in [0.29, 0.717) is 0 Å². The Hall–Kier alpha value is -2.04. The quantitative estimate of drug-likeness (QED) is 0.716. The van der Waals surface area contributed by atoms with Gasteiger partial charge in [-0.1, -0.05) is 13.8 Å². The summed E-state index contributed by atoms with van der Waals surface area (Å²) in [6, 6.07) is 3.86. The summed E-state index contributed by atoms with van der Waals surface area (Å²) in [5.41, 5.74) is 0.0968. The number of amides is 1. The third-order valence-corrected chi connectivity index (χ3v) is 3.32. The molecule has 1 aromatic rings. The number of phenolic OH excluding ortho intramolecular Hbond substituents is 1. The van der Waals surface area contributed by atoms with Gasteiger partial charge in [0, 0.05) is 5.92 Å². The van der Waals surface area contributed by atoms with Crippen LogP contribution in [0.15, 0.2) is 18.2 Å². The number of benzene rings is 1. The van der Waals surface area contributed by atoms with Crippen molar-refractivity contribution in [2.75, 3.05) is 5.32 Å². The van der Waals surface area contributed by atoms with Gasteiger partial charge >= 0.3 is 5.97 Å². The number of nitrogens with one attached hydrogen (secondary N) is 1. The molecule has 0 aliphatic heterocycles. The Morgan fingerprint density at radius 1 is 1.39 bits per heavy atom. The summed E-state index contributed by atoms with van der Waals surface area (Å²) in [6.07, 6.45) is 0.805. The smallest absolute Gasteiger partial charge is 0.337 e. The molecule has 1 aliphatic carbocycles. The molecule has 5 nitrogen and oxygen atoms in total. The van der Waals surface area contributed by atoms with E-state index < -0.39 is 5.97 Å². The van der Waals surface area contributed by atoms with Crippen LogP contribution in [0, 0.1) is 11.3 Å². The van der Waals surface area contributed by atoms with Gasteiger partial charge in [-0.3, -0.25) is 4.79 Å². The van der Waals surface area contributed by atoms with Crippen molar-refractivity contribution in [2.24, 2.45) is 11.3 Å². The normalized spacial score (nSPS) is 20.2. The lowest BCUT2D eigenvalue weighted by Crippen LogP contribution is -2.18. The van der Waals surface area contributed by atoms with E-state index in [-0.39, 0.29) is 34.2 Å². The van der Waals surface area contributed by atoms with Gasteiger partial charge in [-0.25, -0.2) is 4.79 Å². The fraction of sp³-hybridized carbons (Fsp3) is 0.385. The fourth-order valence-electron chi connectivity index (χ4n) is 1.95. The molecule has 3 N–H and O–H groups in total. The minimum Gasteiger partial charge on any atom is -0.508 e. The Bertz CT molecular complexity index is 522. The largest absolute Gasteiger partial charge is 0.508 e. The van der Waals surface area contributed by atoms with Crippen molar-refractivity contribution >= 4 is 17.6 Å². The van der Waals surface area contributed by atoms with Crippen LogP contribution >= 0.6 is 0 Å². The zero-order chi connectivity index (χ0) is 13.5. The van der Waals surface area contributed by atoms with Crippen LogP contribution in [0.4, 0.5) is 5.69 Å². The van der Waals surface area contributed by atoms with Gasteiger partial charge in [0.1, 0.15) is 5.75 Å². The number of aromatic carboxylic acids is 1. The maximum Gasteiger partial charge on any atom is 0.337 e. The van der Waals surface area contributed by atoms with Crippen molar-refractivity contribution in [2.45, 2.75) is 20.3 Å². The van der Waals surface area contributed by atoms with Crippen LogP contribution in [-0.2, 0) is 4.79 Å². The number of anilines is 1. The molecule has 0 aromatic heterocycles. The number of aromatic hydroxyl groups is 1. The highest BCUT2D eigenvalue weighted by atomic mass is 16.4. The van der Waals surface area contributed by atoms with Crippen LogP contribution in [0.2, 0.25) is 0 Å². The van der Waals surface area contributed by atoms with Gasteiger partial charge in [0.2, 0.25) is 5.91 Å². The number of carboxylic acid groups (broad SMARTS) is 1. The summed E-state index contributed by atoms with van der Waals surface area (Å²) in [5.74, 6) is -1.57. The van der Waals surface area contributed by atoms with E-state index in [2.05, 4.69) is 5.32 Å². The minimum absolute atomic E-state index is 0.00953. The standard InChI is InChI=1S/C13H15NO4/c1-13(2)6-9(13)11(16)14-10-4-3-7(15)5-8(10)12(17)18/h3-5,9,15H,6H2,1-2H3,(H,14,16)(H,17,18). The number of rotatable bonds is 3. The Kier molecular flexibility index (Phi) is 2.77. The molecule has 1 saturated carbocycles. The molecule has 0 spiro atoms. The molecule has 0 bridgehead atoms. The maximum atomic E-state index is 11.9. The van der Waals surface area contributed by atoms with Gasteiger partial charge < -0.3 is 15.5 Å². The zero-order valence-corrected chi connectivity index (χ0v) is 10.2. The van der Waals surface area contributed by atoms with Gasteiger partial charge in [-0.05, 0) is 30.0 Å². The average molecular weight is 249 g/mol. The first-order valence-electron chi connectivity index (χ1n) is 5.68. The second-order valence-electron chi connectivity index (χ2n) is 5.27. The average Bonchev–Trinajstić information content (AvgIpc) is 2.90. The molecule has 96 valence electrons. The van der Waals surface area contributed by atoms with E-state index in [0.717, 1.165) is 12.5 Å². The van der Waals surface area contributed by atoms with E-state index in [1.165, 1.54) is 12.1 Å². The van der Waals surface area contributed by atoms with Crippen molar-refractivity contribution < 1.29 is 19.8 Å². The predicted molar refractivity (Wildman–Crippen MR) is 65.6 cm³/mol. The van der Waals surface area contributed by atoms with E-state index in [1.807, 2.05) is 13.8 Å². The first-order chi connectivity index (χ1) is 8.31. The van der Waals surface area contributed by atoms with Gasteiger partial charge in [0.25, 0.3) is 0 Å². The van der Waals surface area contributed by atoms with E-state index in [4.69, 9.17) is 5.11 Å². The van der Waals surface area contributed by atoms with Crippen molar-refractivity contribution in [3.63, 3.8) is 0 Å². The summed E-state index contributed by atoms with van der Waals surface area (Å²) in [7, 11) is 0. The molecule has 0 heterocycles. The summed E-state index contributed by atoms with van der Waals surface area (Å²) in [4.78, 5) is 22.9. The van der Waals surface area contributed by atoms with E-state index in [1.54, 1.807) is 0 Å². The summed E-state index contributed by atoms with van der Waals surface area (Å²) < 4.78 is 0. The number of carbonyl (C=O) groups is 2. The van der Waals surface area contributed by atoms with Crippen LogP contribution in [0.1, 0.15) is 30.6 Å². The third kappa shape index (κ3) is 2.30. The molecule has 0 saturated heterocycles.